The number of carboxylic acids is 1. The Morgan fingerprint density at radius 1 is 1.40 bits per heavy atom. The quantitative estimate of drug-likeness (QED) is 0.918. The lowest BCUT2D eigenvalue weighted by Crippen LogP contribution is -2.30. The number of pyridine rings is 1. The highest BCUT2D eigenvalue weighted by atomic mass is 32.1. The van der Waals surface area contributed by atoms with Gasteiger partial charge in [0.15, 0.2) is 0 Å². The first-order chi connectivity index (χ1) is 9.61. The summed E-state index contributed by atoms with van der Waals surface area (Å²) in [7, 11) is 0. The predicted octanol–water partition coefficient (Wildman–Crippen LogP) is 2.50. The second-order valence-corrected chi connectivity index (χ2v) is 5.17. The van der Waals surface area contributed by atoms with Gasteiger partial charge in [0, 0.05) is 23.2 Å². The normalized spacial score (nSPS) is 10.2. The lowest BCUT2D eigenvalue weighted by molar-refractivity contribution is 0.0690. The summed E-state index contributed by atoms with van der Waals surface area (Å²) in [5, 5.41) is 10.9. The van der Waals surface area contributed by atoms with Crippen LogP contribution < -0.4 is 0 Å². The van der Waals surface area contributed by atoms with Crippen molar-refractivity contribution in [1.82, 2.24) is 9.88 Å². The van der Waals surface area contributed by atoms with E-state index in [0.29, 0.717) is 18.7 Å². The van der Waals surface area contributed by atoms with Crippen LogP contribution in [0, 0.1) is 0 Å². The van der Waals surface area contributed by atoms with Gasteiger partial charge in [-0.3, -0.25) is 4.79 Å². The van der Waals surface area contributed by atoms with Crippen LogP contribution in [0.3, 0.4) is 0 Å². The Labute approximate surface area is 120 Å². The standard InChI is InChI=1S/C14H14N2O3S/c1-2-16(9-11-4-3-7-20-11)13(17)10-5-6-15-12(8-10)14(18)19/h3-8H,2,9H2,1H3,(H,18,19). The van der Waals surface area contributed by atoms with Gasteiger partial charge in [0.2, 0.25) is 0 Å². The molecule has 1 amide bonds. The molecule has 2 heterocycles. The van der Waals surface area contributed by atoms with E-state index in [1.165, 1.54) is 18.3 Å². The van der Waals surface area contributed by atoms with Crippen molar-refractivity contribution in [2.75, 3.05) is 6.54 Å². The van der Waals surface area contributed by atoms with Crippen molar-refractivity contribution in [3.8, 4) is 0 Å². The van der Waals surface area contributed by atoms with Gasteiger partial charge in [0.1, 0.15) is 5.69 Å². The van der Waals surface area contributed by atoms with Gasteiger partial charge < -0.3 is 10.0 Å². The van der Waals surface area contributed by atoms with Gasteiger partial charge in [0.05, 0.1) is 6.54 Å². The number of hydrogen-bond donors (Lipinski definition) is 1. The van der Waals surface area contributed by atoms with E-state index < -0.39 is 5.97 Å². The number of aromatic carboxylic acids is 1. The molecule has 1 N–H and O–H groups in total. The van der Waals surface area contributed by atoms with Crippen LogP contribution in [0.5, 0.6) is 0 Å². The molecule has 2 aromatic rings. The molecular weight excluding hydrogens is 276 g/mol. The van der Waals surface area contributed by atoms with Gasteiger partial charge in [-0.25, -0.2) is 9.78 Å². The molecule has 0 aliphatic carbocycles. The number of amides is 1. The van der Waals surface area contributed by atoms with E-state index >= 15 is 0 Å². The SMILES string of the molecule is CCN(Cc1cccs1)C(=O)c1ccnc(C(=O)O)c1. The van der Waals surface area contributed by atoms with E-state index in [4.69, 9.17) is 5.11 Å². The molecule has 0 aromatic carbocycles. The van der Waals surface area contributed by atoms with Crippen molar-refractivity contribution >= 4 is 23.2 Å². The molecule has 104 valence electrons. The van der Waals surface area contributed by atoms with Gasteiger partial charge in [-0.2, -0.15) is 0 Å². The molecular formula is C14H14N2O3S. The molecule has 0 atom stereocenters. The largest absolute Gasteiger partial charge is 0.477 e. The summed E-state index contributed by atoms with van der Waals surface area (Å²) in [5.41, 5.74) is 0.221. The Balaban J connectivity index is 2.19. The third-order valence-corrected chi connectivity index (χ3v) is 3.68. The topological polar surface area (TPSA) is 70.5 Å². The van der Waals surface area contributed by atoms with Crippen LogP contribution in [-0.4, -0.2) is 33.4 Å². The second kappa shape index (κ2) is 6.29. The highest BCUT2D eigenvalue weighted by Crippen LogP contribution is 2.14. The maximum Gasteiger partial charge on any atom is 0.354 e. The zero-order valence-corrected chi connectivity index (χ0v) is 11.8. The third-order valence-electron chi connectivity index (χ3n) is 2.82. The van der Waals surface area contributed by atoms with Gasteiger partial charge >= 0.3 is 5.97 Å². The van der Waals surface area contributed by atoms with Gasteiger partial charge in [-0.15, -0.1) is 11.3 Å². The molecule has 0 saturated carbocycles. The van der Waals surface area contributed by atoms with E-state index in [9.17, 15) is 9.59 Å². The Bertz CT molecular complexity index is 611. The second-order valence-electron chi connectivity index (χ2n) is 4.13. The van der Waals surface area contributed by atoms with Crippen molar-refractivity contribution in [3.63, 3.8) is 0 Å². The Morgan fingerprint density at radius 3 is 2.80 bits per heavy atom. The summed E-state index contributed by atoms with van der Waals surface area (Å²) in [6.07, 6.45) is 1.34. The van der Waals surface area contributed by atoms with Crippen LogP contribution in [0.1, 0.15) is 32.6 Å². The zero-order chi connectivity index (χ0) is 14.5. The summed E-state index contributed by atoms with van der Waals surface area (Å²) in [6, 6.07) is 6.75. The maximum atomic E-state index is 12.4. The van der Waals surface area contributed by atoms with Crippen LogP contribution in [0.4, 0.5) is 0 Å². The first-order valence-electron chi connectivity index (χ1n) is 6.12. The third kappa shape index (κ3) is 3.21. The van der Waals surface area contributed by atoms with Crippen LogP contribution >= 0.6 is 11.3 Å². The Kier molecular flexibility index (Phi) is 4.47. The average molecular weight is 290 g/mol. The van der Waals surface area contributed by atoms with E-state index in [-0.39, 0.29) is 11.6 Å². The van der Waals surface area contributed by atoms with E-state index in [1.807, 2.05) is 24.4 Å². The summed E-state index contributed by atoms with van der Waals surface area (Å²) < 4.78 is 0. The average Bonchev–Trinajstić information content (AvgIpc) is 2.97. The van der Waals surface area contributed by atoms with Gasteiger partial charge in [-0.05, 0) is 30.5 Å². The lowest BCUT2D eigenvalue weighted by atomic mass is 10.2. The minimum atomic E-state index is -1.14. The fourth-order valence-electron chi connectivity index (χ4n) is 1.78. The number of hydrogen-bond acceptors (Lipinski definition) is 4. The Hall–Kier alpha value is -2.21. The van der Waals surface area contributed by atoms with Crippen LogP contribution in [0.25, 0.3) is 0 Å². The molecule has 0 unspecified atom stereocenters. The number of carboxylic acid groups (broad SMARTS) is 1. The minimum absolute atomic E-state index is 0.122. The van der Waals surface area contributed by atoms with Crippen molar-refractivity contribution in [2.24, 2.45) is 0 Å². The number of nitrogens with zero attached hydrogens (tertiary/aromatic N) is 2. The van der Waals surface area contributed by atoms with Crippen molar-refractivity contribution in [3.05, 3.63) is 52.0 Å². The molecule has 0 aliphatic heterocycles. The predicted molar refractivity (Wildman–Crippen MR) is 75.9 cm³/mol. The molecule has 0 spiro atoms. The molecule has 6 heteroatoms. The molecule has 20 heavy (non-hydrogen) atoms. The monoisotopic (exact) mass is 290 g/mol. The number of aromatic nitrogens is 1. The molecule has 0 aliphatic rings. The highest BCUT2D eigenvalue weighted by molar-refractivity contribution is 7.09. The number of rotatable bonds is 5. The maximum absolute atomic E-state index is 12.4. The summed E-state index contributed by atoms with van der Waals surface area (Å²) >= 11 is 1.59. The fraction of sp³-hybridized carbons (Fsp3) is 0.214. The lowest BCUT2D eigenvalue weighted by Gasteiger charge is -2.20. The molecule has 2 aromatic heterocycles. The van der Waals surface area contributed by atoms with Crippen LogP contribution in [-0.2, 0) is 6.54 Å². The molecule has 0 saturated heterocycles. The van der Waals surface area contributed by atoms with Crippen molar-refractivity contribution in [1.29, 1.82) is 0 Å². The zero-order valence-electron chi connectivity index (χ0n) is 10.9. The molecule has 0 fully saturated rings. The minimum Gasteiger partial charge on any atom is -0.477 e. The fourth-order valence-corrected chi connectivity index (χ4v) is 2.50. The van der Waals surface area contributed by atoms with E-state index in [0.717, 1.165) is 4.88 Å². The van der Waals surface area contributed by atoms with Gasteiger partial charge in [0.25, 0.3) is 5.91 Å². The van der Waals surface area contributed by atoms with Gasteiger partial charge in [-0.1, -0.05) is 6.07 Å². The summed E-state index contributed by atoms with van der Waals surface area (Å²) in [4.78, 5) is 29.8. The van der Waals surface area contributed by atoms with E-state index in [2.05, 4.69) is 4.98 Å². The molecule has 0 radical (unpaired) electrons. The number of thiophene rings is 1. The number of carbonyl (C=O) groups is 2. The Morgan fingerprint density at radius 2 is 2.20 bits per heavy atom. The molecule has 2 rings (SSSR count). The van der Waals surface area contributed by atoms with Crippen LogP contribution in [0.2, 0.25) is 0 Å². The van der Waals surface area contributed by atoms with Crippen LogP contribution in [0.15, 0.2) is 35.8 Å². The van der Waals surface area contributed by atoms with Crippen molar-refractivity contribution in [2.45, 2.75) is 13.5 Å². The summed E-state index contributed by atoms with van der Waals surface area (Å²) in [6.45, 7) is 2.98. The first kappa shape index (κ1) is 14.2. The first-order valence-corrected chi connectivity index (χ1v) is 7.00. The van der Waals surface area contributed by atoms with E-state index in [1.54, 1.807) is 16.2 Å². The summed E-state index contributed by atoms with van der Waals surface area (Å²) in [5.74, 6) is -1.33. The molecule has 5 nitrogen and oxygen atoms in total. The molecule has 0 bridgehead atoms. The highest BCUT2D eigenvalue weighted by Gasteiger charge is 2.17. The smallest absolute Gasteiger partial charge is 0.354 e. The van der Waals surface area contributed by atoms with Crippen molar-refractivity contribution < 1.29 is 14.7 Å². The number of carbonyl (C=O) groups excluding carboxylic acids is 1.